The first kappa shape index (κ1) is 22.0. The lowest BCUT2D eigenvalue weighted by molar-refractivity contribution is -0.384. The minimum Gasteiger partial charge on any atom is -0.419 e. The number of para-hydroxylation sites is 1. The van der Waals surface area contributed by atoms with Crippen molar-refractivity contribution in [2.75, 3.05) is 18.4 Å². The van der Waals surface area contributed by atoms with Crippen LogP contribution in [0.15, 0.2) is 46.9 Å². The number of nitrogens with one attached hydrogen (secondary N) is 1. The monoisotopic (exact) mass is 431 g/mol. The van der Waals surface area contributed by atoms with Crippen molar-refractivity contribution in [2.24, 2.45) is 0 Å². The fourth-order valence-corrected chi connectivity index (χ4v) is 2.91. The van der Waals surface area contributed by atoms with Gasteiger partial charge in [-0.2, -0.15) is 0 Å². The van der Waals surface area contributed by atoms with E-state index < -0.39 is 34.2 Å². The number of carbonyl (C=O) groups is 1. The van der Waals surface area contributed by atoms with Crippen LogP contribution < -0.4 is 5.32 Å². The number of hydrogen-bond donors (Lipinski definition) is 1. The van der Waals surface area contributed by atoms with Gasteiger partial charge in [-0.05, 0) is 37.7 Å². The number of rotatable bonds is 8. The number of nitro benzene ring substituents is 1. The topological polar surface area (TPSA) is 114 Å². The Morgan fingerprint density at radius 2 is 1.84 bits per heavy atom. The third kappa shape index (κ3) is 5.07. The average Bonchev–Trinajstić information content (AvgIpc) is 3.24. The third-order valence-corrected chi connectivity index (χ3v) is 4.65. The van der Waals surface area contributed by atoms with E-state index in [1.54, 1.807) is 18.7 Å². The van der Waals surface area contributed by atoms with E-state index in [0.29, 0.717) is 12.1 Å². The van der Waals surface area contributed by atoms with Crippen molar-refractivity contribution < 1.29 is 22.9 Å². The Balaban J connectivity index is 1.70. The molecule has 1 unspecified atom stereocenters. The van der Waals surface area contributed by atoms with Crippen molar-refractivity contribution in [1.29, 1.82) is 0 Å². The fraction of sp³-hybridized carbons (Fsp3) is 0.250. The van der Waals surface area contributed by atoms with Gasteiger partial charge in [-0.1, -0.05) is 13.0 Å². The number of nitro groups is 1. The molecule has 0 radical (unpaired) electrons. The van der Waals surface area contributed by atoms with Crippen LogP contribution in [0.2, 0.25) is 0 Å². The number of anilines is 1. The molecule has 0 saturated heterocycles. The van der Waals surface area contributed by atoms with Gasteiger partial charge in [0, 0.05) is 17.7 Å². The second kappa shape index (κ2) is 9.39. The maximum Gasteiger partial charge on any atom is 0.269 e. The zero-order chi connectivity index (χ0) is 22.5. The van der Waals surface area contributed by atoms with Gasteiger partial charge >= 0.3 is 0 Å². The molecule has 1 amide bonds. The van der Waals surface area contributed by atoms with Gasteiger partial charge in [0.15, 0.2) is 0 Å². The maximum atomic E-state index is 13.7. The van der Waals surface area contributed by atoms with Crippen LogP contribution in [-0.2, 0) is 4.79 Å². The molecule has 9 nitrogen and oxygen atoms in total. The molecule has 162 valence electrons. The second-order valence-corrected chi connectivity index (χ2v) is 6.63. The molecule has 0 aliphatic heterocycles. The van der Waals surface area contributed by atoms with E-state index in [4.69, 9.17) is 4.42 Å². The SMILES string of the molecule is CCN(CC(=O)Nc1c(F)cccc1F)C(C)c1nnc(-c2ccc([N+](=O)[O-])cc2)o1. The summed E-state index contributed by atoms with van der Waals surface area (Å²) in [7, 11) is 0. The van der Waals surface area contributed by atoms with Crippen LogP contribution in [0.25, 0.3) is 11.5 Å². The Morgan fingerprint density at radius 1 is 1.19 bits per heavy atom. The van der Waals surface area contributed by atoms with Crippen LogP contribution >= 0.6 is 0 Å². The number of non-ortho nitro benzene ring substituents is 1. The van der Waals surface area contributed by atoms with Gasteiger partial charge < -0.3 is 9.73 Å². The summed E-state index contributed by atoms with van der Waals surface area (Å²) in [5.74, 6) is -1.94. The molecule has 3 rings (SSSR count). The summed E-state index contributed by atoms with van der Waals surface area (Å²) in [4.78, 5) is 24.3. The van der Waals surface area contributed by atoms with Crippen LogP contribution in [0, 0.1) is 21.7 Å². The summed E-state index contributed by atoms with van der Waals surface area (Å²) in [6.07, 6.45) is 0. The molecule has 0 fully saturated rings. The van der Waals surface area contributed by atoms with Gasteiger partial charge in [-0.3, -0.25) is 19.8 Å². The maximum absolute atomic E-state index is 13.7. The van der Waals surface area contributed by atoms with E-state index in [0.717, 1.165) is 12.1 Å². The number of carbonyl (C=O) groups excluding carboxylic acids is 1. The molecule has 0 aliphatic rings. The highest BCUT2D eigenvalue weighted by Crippen LogP contribution is 2.25. The minimum atomic E-state index is -0.867. The number of hydrogen-bond acceptors (Lipinski definition) is 7. The number of aromatic nitrogens is 2. The molecular weight excluding hydrogens is 412 g/mol. The Hall–Kier alpha value is -3.73. The summed E-state index contributed by atoms with van der Waals surface area (Å²) in [5.41, 5.74) is -0.0619. The lowest BCUT2D eigenvalue weighted by Gasteiger charge is -2.24. The molecule has 0 saturated carbocycles. The molecule has 1 atom stereocenters. The molecule has 3 aromatic rings. The van der Waals surface area contributed by atoms with E-state index >= 15 is 0 Å². The quantitative estimate of drug-likeness (QED) is 0.424. The summed E-state index contributed by atoms with van der Waals surface area (Å²) in [6.45, 7) is 3.80. The summed E-state index contributed by atoms with van der Waals surface area (Å²) >= 11 is 0. The lowest BCUT2D eigenvalue weighted by atomic mass is 10.2. The van der Waals surface area contributed by atoms with Gasteiger partial charge in [-0.25, -0.2) is 8.78 Å². The summed E-state index contributed by atoms with van der Waals surface area (Å²) in [5, 5.41) is 21.0. The van der Waals surface area contributed by atoms with E-state index in [1.807, 2.05) is 0 Å². The largest absolute Gasteiger partial charge is 0.419 e. The number of halogens is 2. The Kier molecular flexibility index (Phi) is 6.65. The van der Waals surface area contributed by atoms with Gasteiger partial charge in [0.25, 0.3) is 5.69 Å². The Labute approximate surface area is 175 Å². The van der Waals surface area contributed by atoms with E-state index in [-0.39, 0.29) is 24.0 Å². The van der Waals surface area contributed by atoms with Crippen LogP contribution in [0.4, 0.5) is 20.2 Å². The first-order valence-corrected chi connectivity index (χ1v) is 9.36. The zero-order valence-corrected chi connectivity index (χ0v) is 16.7. The van der Waals surface area contributed by atoms with Crippen LogP contribution in [-0.4, -0.2) is 39.0 Å². The van der Waals surface area contributed by atoms with Crippen molar-refractivity contribution in [2.45, 2.75) is 19.9 Å². The number of benzene rings is 2. The van der Waals surface area contributed by atoms with Crippen LogP contribution in [0.3, 0.4) is 0 Å². The molecule has 1 N–H and O–H groups in total. The van der Waals surface area contributed by atoms with E-state index in [1.165, 1.54) is 30.3 Å². The zero-order valence-electron chi connectivity index (χ0n) is 16.7. The molecule has 11 heteroatoms. The molecular formula is C20H19F2N5O4. The van der Waals surface area contributed by atoms with Crippen molar-refractivity contribution in [3.05, 3.63) is 70.1 Å². The van der Waals surface area contributed by atoms with Crippen LogP contribution in [0.1, 0.15) is 25.8 Å². The van der Waals surface area contributed by atoms with Crippen molar-refractivity contribution >= 4 is 17.3 Å². The second-order valence-electron chi connectivity index (χ2n) is 6.63. The molecule has 0 bridgehead atoms. The molecule has 31 heavy (non-hydrogen) atoms. The Bertz CT molecular complexity index is 1070. The van der Waals surface area contributed by atoms with Gasteiger partial charge in [0.2, 0.25) is 17.7 Å². The number of nitrogens with zero attached hydrogens (tertiary/aromatic N) is 4. The summed E-state index contributed by atoms with van der Waals surface area (Å²) < 4.78 is 33.2. The van der Waals surface area contributed by atoms with Gasteiger partial charge in [-0.15, -0.1) is 10.2 Å². The normalized spacial score (nSPS) is 12.0. The minimum absolute atomic E-state index is 0.0636. The Morgan fingerprint density at radius 3 is 2.42 bits per heavy atom. The molecule has 0 aliphatic carbocycles. The van der Waals surface area contributed by atoms with E-state index in [2.05, 4.69) is 15.5 Å². The smallest absolute Gasteiger partial charge is 0.269 e. The highest BCUT2D eigenvalue weighted by atomic mass is 19.1. The first-order valence-electron chi connectivity index (χ1n) is 9.36. The van der Waals surface area contributed by atoms with Crippen molar-refractivity contribution in [3.8, 4) is 11.5 Å². The van der Waals surface area contributed by atoms with E-state index in [9.17, 15) is 23.7 Å². The molecule has 2 aromatic carbocycles. The van der Waals surface area contributed by atoms with Gasteiger partial charge in [0.05, 0.1) is 17.5 Å². The third-order valence-electron chi connectivity index (χ3n) is 4.65. The standard InChI is InChI=1S/C20H19F2N5O4/c1-3-26(11-17(28)23-18-15(21)5-4-6-16(18)22)12(2)19-24-25-20(31-19)13-7-9-14(10-8-13)27(29)30/h4-10,12H,3,11H2,1-2H3,(H,23,28). The highest BCUT2D eigenvalue weighted by molar-refractivity contribution is 5.92. The molecule has 1 heterocycles. The lowest BCUT2D eigenvalue weighted by Crippen LogP contribution is -2.35. The average molecular weight is 431 g/mol. The van der Waals surface area contributed by atoms with Crippen molar-refractivity contribution in [1.82, 2.24) is 15.1 Å². The fourth-order valence-electron chi connectivity index (χ4n) is 2.91. The van der Waals surface area contributed by atoms with Gasteiger partial charge in [0.1, 0.15) is 17.3 Å². The summed E-state index contributed by atoms with van der Waals surface area (Å²) in [6, 6.07) is 8.48. The number of amides is 1. The predicted octanol–water partition coefficient (Wildman–Crippen LogP) is 3.94. The highest BCUT2D eigenvalue weighted by Gasteiger charge is 2.24. The van der Waals surface area contributed by atoms with Crippen LogP contribution in [0.5, 0.6) is 0 Å². The number of likely N-dealkylation sites (N-methyl/N-ethyl adjacent to an activating group) is 1. The predicted molar refractivity (Wildman–Crippen MR) is 107 cm³/mol. The first-order chi connectivity index (χ1) is 14.8. The molecule has 1 aromatic heterocycles. The van der Waals surface area contributed by atoms with Crippen molar-refractivity contribution in [3.63, 3.8) is 0 Å². The molecule has 0 spiro atoms.